The molecule has 4 nitrogen and oxygen atoms in total. The summed E-state index contributed by atoms with van der Waals surface area (Å²) in [5, 5.41) is 3.10. The molecule has 2 atom stereocenters. The van der Waals surface area contributed by atoms with Crippen LogP contribution >= 0.6 is 0 Å². The molecule has 180 valence electrons. The largest absolute Gasteiger partial charge is 0.354 e. The maximum atomic E-state index is 14.2. The van der Waals surface area contributed by atoms with E-state index in [9.17, 15) is 13.4 Å². The van der Waals surface area contributed by atoms with Gasteiger partial charge >= 0.3 is 0 Å². The van der Waals surface area contributed by atoms with Crippen LogP contribution < -0.4 is 5.32 Å². The number of likely N-dealkylation sites (tertiary alicyclic amines) is 1. The summed E-state index contributed by atoms with van der Waals surface area (Å²) in [5.74, 6) is -0.729. The minimum absolute atomic E-state index is 0.0300. The molecule has 2 aromatic carbocycles. The molecule has 0 radical (unpaired) electrons. The number of carbonyl (C=O) groups is 1. The van der Waals surface area contributed by atoms with Gasteiger partial charge in [0.2, 0.25) is 5.91 Å². The van der Waals surface area contributed by atoms with E-state index in [4.69, 9.17) is 0 Å². The minimum Gasteiger partial charge on any atom is -0.354 e. The summed E-state index contributed by atoms with van der Waals surface area (Å²) < 4.78 is 25.9. The number of hydrogen-bond acceptors (Lipinski definition) is 3. The Bertz CT molecular complexity index is 1150. The highest BCUT2D eigenvalue weighted by atomic mass is 32.2. The van der Waals surface area contributed by atoms with E-state index in [1.807, 2.05) is 38.1 Å². The Kier molecular flexibility index (Phi) is 7.79. The van der Waals surface area contributed by atoms with Crippen LogP contribution in [0.1, 0.15) is 49.8 Å². The molecule has 0 bridgehead atoms. The molecular weight excluding hydrogens is 447 g/mol. The SMILES string of the molecule is CC1=C(C(C)C(=O)NCCN2CCCCC2)c2cc(F)ccc2/C1=C\c1ccc(S(C)=O)cc1. The Balaban J connectivity index is 1.57. The predicted octanol–water partition coefficient (Wildman–Crippen LogP) is 5.13. The summed E-state index contributed by atoms with van der Waals surface area (Å²) in [6, 6.07) is 12.4. The van der Waals surface area contributed by atoms with Crippen LogP contribution in [0.3, 0.4) is 0 Å². The molecule has 1 amide bonds. The third kappa shape index (κ3) is 5.39. The van der Waals surface area contributed by atoms with Gasteiger partial charge in [0.1, 0.15) is 5.82 Å². The molecule has 1 aliphatic carbocycles. The second-order valence-corrected chi connectivity index (χ2v) is 10.6. The number of fused-ring (bicyclic) bond motifs is 1. The van der Waals surface area contributed by atoms with Gasteiger partial charge in [-0.15, -0.1) is 0 Å². The van der Waals surface area contributed by atoms with Crippen molar-refractivity contribution in [3.8, 4) is 0 Å². The van der Waals surface area contributed by atoms with Crippen LogP contribution in [0.2, 0.25) is 0 Å². The first kappa shape index (κ1) is 24.6. The first-order valence-corrected chi connectivity index (χ1v) is 13.6. The van der Waals surface area contributed by atoms with Gasteiger partial charge in [-0.3, -0.25) is 9.00 Å². The van der Waals surface area contributed by atoms with Crippen molar-refractivity contribution < 1.29 is 13.4 Å². The number of nitrogens with zero attached hydrogens (tertiary/aromatic N) is 1. The Hall–Kier alpha value is -2.57. The van der Waals surface area contributed by atoms with Gasteiger partial charge in [-0.2, -0.15) is 0 Å². The van der Waals surface area contributed by atoms with Crippen molar-refractivity contribution in [2.24, 2.45) is 5.92 Å². The predicted molar refractivity (Wildman–Crippen MR) is 138 cm³/mol. The van der Waals surface area contributed by atoms with Crippen LogP contribution in [-0.4, -0.2) is 47.5 Å². The van der Waals surface area contributed by atoms with Gasteiger partial charge in [0.25, 0.3) is 0 Å². The molecule has 1 aliphatic heterocycles. The van der Waals surface area contributed by atoms with Crippen LogP contribution in [0.5, 0.6) is 0 Å². The monoisotopic (exact) mass is 480 g/mol. The molecule has 34 heavy (non-hydrogen) atoms. The van der Waals surface area contributed by atoms with E-state index in [1.165, 1.54) is 31.4 Å². The van der Waals surface area contributed by atoms with E-state index in [2.05, 4.69) is 16.3 Å². The molecule has 1 heterocycles. The third-order valence-corrected chi connectivity index (χ3v) is 7.83. The van der Waals surface area contributed by atoms with Crippen LogP contribution in [0.15, 0.2) is 52.9 Å². The molecular formula is C28H33FN2O2S. The highest BCUT2D eigenvalue weighted by Gasteiger charge is 2.30. The molecule has 1 N–H and O–H groups in total. The highest BCUT2D eigenvalue weighted by molar-refractivity contribution is 7.84. The molecule has 2 unspecified atom stereocenters. The fourth-order valence-electron chi connectivity index (χ4n) is 4.99. The molecule has 2 aliphatic rings. The molecule has 1 saturated heterocycles. The topological polar surface area (TPSA) is 49.4 Å². The Labute approximate surface area is 204 Å². The fourth-order valence-corrected chi connectivity index (χ4v) is 5.51. The molecule has 6 heteroatoms. The number of benzene rings is 2. The number of rotatable bonds is 7. The van der Waals surface area contributed by atoms with Crippen molar-refractivity contribution in [1.29, 1.82) is 0 Å². The van der Waals surface area contributed by atoms with E-state index in [0.29, 0.717) is 6.54 Å². The van der Waals surface area contributed by atoms with E-state index in [0.717, 1.165) is 57.9 Å². The summed E-state index contributed by atoms with van der Waals surface area (Å²) in [7, 11) is -1.03. The number of hydrogen-bond donors (Lipinski definition) is 1. The quantitative estimate of drug-likeness (QED) is 0.598. The van der Waals surface area contributed by atoms with E-state index < -0.39 is 16.7 Å². The molecule has 2 aromatic rings. The maximum Gasteiger partial charge on any atom is 0.227 e. The third-order valence-electron chi connectivity index (χ3n) is 6.90. The number of allylic oxidation sites excluding steroid dienone is 2. The lowest BCUT2D eigenvalue weighted by atomic mass is 9.92. The zero-order chi connectivity index (χ0) is 24.2. The number of piperidine rings is 1. The molecule has 1 fully saturated rings. The smallest absolute Gasteiger partial charge is 0.227 e. The molecule has 4 rings (SSSR count). The number of carbonyl (C=O) groups excluding carboxylic acids is 1. The summed E-state index contributed by atoms with van der Waals surface area (Å²) in [5.41, 5.74) is 5.55. The van der Waals surface area contributed by atoms with Crippen molar-refractivity contribution in [1.82, 2.24) is 10.2 Å². The van der Waals surface area contributed by atoms with Crippen molar-refractivity contribution in [2.75, 3.05) is 32.4 Å². The van der Waals surface area contributed by atoms with Crippen molar-refractivity contribution in [3.05, 3.63) is 70.5 Å². The summed E-state index contributed by atoms with van der Waals surface area (Å²) in [6.45, 7) is 7.60. The van der Waals surface area contributed by atoms with Gasteiger partial charge in [-0.25, -0.2) is 4.39 Å². The first-order valence-electron chi connectivity index (χ1n) is 12.0. The van der Waals surface area contributed by atoms with Crippen LogP contribution in [0.25, 0.3) is 17.2 Å². The van der Waals surface area contributed by atoms with Gasteiger partial charge < -0.3 is 10.2 Å². The normalized spacial score (nSPS) is 19.2. The second kappa shape index (κ2) is 10.8. The number of halogens is 1. The second-order valence-electron chi connectivity index (χ2n) is 9.22. The van der Waals surface area contributed by atoms with Gasteiger partial charge in [0.15, 0.2) is 0 Å². The molecule has 0 aromatic heterocycles. The average Bonchev–Trinajstić information content (AvgIpc) is 3.09. The zero-order valence-corrected chi connectivity index (χ0v) is 21.0. The van der Waals surface area contributed by atoms with Crippen LogP contribution in [0.4, 0.5) is 4.39 Å². The zero-order valence-electron chi connectivity index (χ0n) is 20.2. The van der Waals surface area contributed by atoms with Gasteiger partial charge in [-0.05, 0) is 104 Å². The lowest BCUT2D eigenvalue weighted by Crippen LogP contribution is -2.39. The number of amides is 1. The van der Waals surface area contributed by atoms with Crippen molar-refractivity contribution in [3.63, 3.8) is 0 Å². The summed E-state index contributed by atoms with van der Waals surface area (Å²) in [4.78, 5) is 16.3. The lowest BCUT2D eigenvalue weighted by molar-refractivity contribution is -0.122. The van der Waals surface area contributed by atoms with Gasteiger partial charge in [-0.1, -0.05) is 24.6 Å². The average molecular weight is 481 g/mol. The Morgan fingerprint density at radius 3 is 2.50 bits per heavy atom. The number of nitrogens with one attached hydrogen (secondary N) is 1. The van der Waals surface area contributed by atoms with Crippen LogP contribution in [-0.2, 0) is 15.6 Å². The van der Waals surface area contributed by atoms with Gasteiger partial charge in [0, 0.05) is 35.0 Å². The lowest BCUT2D eigenvalue weighted by Gasteiger charge is -2.26. The molecule has 0 spiro atoms. The van der Waals surface area contributed by atoms with E-state index in [1.54, 1.807) is 12.3 Å². The highest BCUT2D eigenvalue weighted by Crippen LogP contribution is 2.45. The first-order chi connectivity index (χ1) is 16.3. The summed E-state index contributed by atoms with van der Waals surface area (Å²) in [6.07, 6.45) is 7.47. The van der Waals surface area contributed by atoms with Crippen LogP contribution in [0, 0.1) is 11.7 Å². The standard InChI is InChI=1S/C28H33FN2O2S/c1-19-25(17-21-7-10-23(11-8-21)34(3)33)24-12-9-22(29)18-26(24)27(19)20(2)28(32)30-13-16-31-14-5-4-6-15-31/h7-12,17-18,20H,4-6,13-16H2,1-3H3,(H,30,32)/b25-17-. The van der Waals surface area contributed by atoms with E-state index >= 15 is 0 Å². The van der Waals surface area contributed by atoms with Gasteiger partial charge in [0.05, 0.1) is 5.92 Å². The van der Waals surface area contributed by atoms with Crippen molar-refractivity contribution in [2.45, 2.75) is 38.0 Å². The Morgan fingerprint density at radius 1 is 1.12 bits per heavy atom. The summed E-state index contributed by atoms with van der Waals surface area (Å²) >= 11 is 0. The fraction of sp³-hybridized carbons (Fsp3) is 0.393. The van der Waals surface area contributed by atoms with Crippen molar-refractivity contribution >= 4 is 33.9 Å². The molecule has 0 saturated carbocycles. The Morgan fingerprint density at radius 2 is 1.82 bits per heavy atom. The minimum atomic E-state index is -1.03. The maximum absolute atomic E-state index is 14.2. The van der Waals surface area contributed by atoms with E-state index in [-0.39, 0.29) is 11.7 Å².